The lowest BCUT2D eigenvalue weighted by Crippen LogP contribution is -2.31. The number of imide groups is 1. The van der Waals surface area contributed by atoms with E-state index in [2.05, 4.69) is 10.5 Å². The third-order valence-corrected chi connectivity index (χ3v) is 4.92. The van der Waals surface area contributed by atoms with Gasteiger partial charge in [0.25, 0.3) is 0 Å². The van der Waals surface area contributed by atoms with E-state index in [-0.39, 0.29) is 24.1 Å². The molecule has 0 spiro atoms. The number of thioether (sulfide) groups is 1. The van der Waals surface area contributed by atoms with Crippen LogP contribution >= 0.6 is 11.8 Å². The van der Waals surface area contributed by atoms with Gasteiger partial charge in [-0.25, -0.2) is 9.69 Å². The topological polar surface area (TPSA) is 130 Å². The Morgan fingerprint density at radius 3 is 2.61 bits per heavy atom. The van der Waals surface area contributed by atoms with Gasteiger partial charge in [-0.15, -0.1) is 11.8 Å². The van der Waals surface area contributed by atoms with Crippen molar-refractivity contribution in [2.45, 2.75) is 23.5 Å². The fraction of sp³-hybridized carbons (Fsp3) is 0.167. The number of nitrogens with zero attached hydrogens (tertiary/aromatic N) is 2. The number of carbonyl (C=O) groups excluding carboxylic acids is 3. The predicted octanol–water partition coefficient (Wildman–Crippen LogP) is 1.99. The van der Waals surface area contributed by atoms with Gasteiger partial charge in [0.05, 0.1) is 5.25 Å². The number of hydrogen-bond acceptors (Lipinski definition) is 7. The van der Waals surface area contributed by atoms with Crippen molar-refractivity contribution >= 4 is 47.0 Å². The summed E-state index contributed by atoms with van der Waals surface area (Å²) < 4.78 is 4.93. The van der Waals surface area contributed by atoms with Crippen molar-refractivity contribution in [1.29, 1.82) is 0 Å². The minimum atomic E-state index is -1.22. The van der Waals surface area contributed by atoms with E-state index in [0.29, 0.717) is 11.4 Å². The molecule has 0 bridgehead atoms. The molecule has 10 heteroatoms. The average molecular weight is 401 g/mol. The summed E-state index contributed by atoms with van der Waals surface area (Å²) >= 11 is 1.24. The monoisotopic (exact) mass is 401 g/mol. The highest BCUT2D eigenvalue weighted by Gasteiger charge is 2.41. The highest BCUT2D eigenvalue weighted by atomic mass is 32.2. The summed E-state index contributed by atoms with van der Waals surface area (Å²) in [4.78, 5) is 48.5. The number of benzene rings is 1. The Balaban J connectivity index is 1.63. The first-order valence-corrected chi connectivity index (χ1v) is 9.00. The highest BCUT2D eigenvalue weighted by Crippen LogP contribution is 2.34. The number of aromatic nitrogens is 1. The number of carboxylic acids is 1. The van der Waals surface area contributed by atoms with Crippen LogP contribution in [-0.2, 0) is 19.2 Å². The normalized spacial score (nSPS) is 16.8. The minimum absolute atomic E-state index is 0.0495. The lowest BCUT2D eigenvalue weighted by Gasteiger charge is -2.11. The van der Waals surface area contributed by atoms with Crippen LogP contribution < -0.4 is 10.2 Å². The summed E-state index contributed by atoms with van der Waals surface area (Å²) in [5.41, 5.74) is 0.470. The lowest BCUT2D eigenvalue weighted by molar-refractivity contribution is -0.131. The number of amides is 3. The fourth-order valence-electron chi connectivity index (χ4n) is 2.51. The molecule has 1 aromatic carbocycles. The molecule has 3 rings (SSSR count). The van der Waals surface area contributed by atoms with Gasteiger partial charge >= 0.3 is 5.97 Å². The van der Waals surface area contributed by atoms with Crippen LogP contribution in [0.1, 0.15) is 12.2 Å². The molecule has 144 valence electrons. The largest absolute Gasteiger partial charge is 0.478 e. The molecule has 0 radical (unpaired) electrons. The smallest absolute Gasteiger partial charge is 0.328 e. The van der Waals surface area contributed by atoms with Crippen LogP contribution in [0.2, 0.25) is 0 Å². The SMILES string of the molecule is Cc1cc(N2C(=O)CC(Sc3ccc(NC(=O)C=CC(=O)O)cc3)C2=O)no1. The Hall–Kier alpha value is -3.40. The van der Waals surface area contributed by atoms with Gasteiger partial charge in [0, 0.05) is 35.2 Å². The second-order valence-corrected chi connectivity index (χ2v) is 7.14. The molecular formula is C18H15N3O6S. The number of rotatable bonds is 6. The summed E-state index contributed by atoms with van der Waals surface area (Å²) in [5, 5.41) is 14.2. The van der Waals surface area contributed by atoms with Gasteiger partial charge in [0.15, 0.2) is 5.82 Å². The highest BCUT2D eigenvalue weighted by molar-refractivity contribution is 8.00. The number of aliphatic carboxylic acids is 1. The second kappa shape index (κ2) is 8.09. The van der Waals surface area contributed by atoms with Crippen molar-refractivity contribution in [3.8, 4) is 0 Å². The molecule has 2 heterocycles. The van der Waals surface area contributed by atoms with Crippen molar-refractivity contribution in [2.24, 2.45) is 0 Å². The zero-order valence-electron chi connectivity index (χ0n) is 14.6. The van der Waals surface area contributed by atoms with Gasteiger partial charge in [-0.3, -0.25) is 14.4 Å². The van der Waals surface area contributed by atoms with Gasteiger partial charge in [-0.05, 0) is 31.2 Å². The molecule has 1 aliphatic heterocycles. The van der Waals surface area contributed by atoms with Gasteiger partial charge in [-0.1, -0.05) is 5.16 Å². The molecule has 0 saturated carbocycles. The first kappa shape index (κ1) is 19.4. The zero-order chi connectivity index (χ0) is 20.3. The summed E-state index contributed by atoms with van der Waals surface area (Å²) in [6.45, 7) is 1.67. The van der Waals surface area contributed by atoms with E-state index in [1.54, 1.807) is 31.2 Å². The second-order valence-electron chi connectivity index (χ2n) is 5.86. The Bertz CT molecular complexity index is 966. The first-order valence-electron chi connectivity index (χ1n) is 8.12. The maximum absolute atomic E-state index is 12.6. The molecule has 3 amide bonds. The summed E-state index contributed by atoms with van der Waals surface area (Å²) in [5.74, 6) is -1.81. The molecule has 1 fully saturated rings. The number of hydrogen-bond donors (Lipinski definition) is 2. The molecule has 1 atom stereocenters. The van der Waals surface area contributed by atoms with Crippen LogP contribution in [0.4, 0.5) is 11.5 Å². The molecule has 2 aromatic rings. The Kier molecular flexibility index (Phi) is 5.59. The molecule has 1 saturated heterocycles. The molecule has 9 nitrogen and oxygen atoms in total. The van der Waals surface area contributed by atoms with E-state index in [4.69, 9.17) is 9.63 Å². The van der Waals surface area contributed by atoms with Gasteiger partial charge in [0.1, 0.15) is 5.76 Å². The zero-order valence-corrected chi connectivity index (χ0v) is 15.4. The lowest BCUT2D eigenvalue weighted by atomic mass is 10.3. The molecule has 28 heavy (non-hydrogen) atoms. The molecule has 1 unspecified atom stereocenters. The van der Waals surface area contributed by atoms with E-state index in [1.807, 2.05) is 0 Å². The van der Waals surface area contributed by atoms with Crippen molar-refractivity contribution in [3.05, 3.63) is 48.2 Å². The number of carbonyl (C=O) groups is 4. The van der Waals surface area contributed by atoms with Gasteiger partial charge in [-0.2, -0.15) is 0 Å². The van der Waals surface area contributed by atoms with Crippen LogP contribution in [0.5, 0.6) is 0 Å². The van der Waals surface area contributed by atoms with Crippen molar-refractivity contribution in [1.82, 2.24) is 5.16 Å². The summed E-state index contributed by atoms with van der Waals surface area (Å²) in [6, 6.07) is 8.16. The average Bonchev–Trinajstić information content (AvgIpc) is 3.17. The van der Waals surface area contributed by atoms with E-state index in [9.17, 15) is 19.2 Å². The maximum atomic E-state index is 12.6. The fourth-order valence-corrected chi connectivity index (χ4v) is 3.56. The molecular weight excluding hydrogens is 386 g/mol. The van der Waals surface area contributed by atoms with Crippen LogP contribution in [-0.4, -0.2) is 39.2 Å². The predicted molar refractivity (Wildman–Crippen MR) is 99.8 cm³/mol. The first-order chi connectivity index (χ1) is 13.3. The van der Waals surface area contributed by atoms with E-state index in [0.717, 1.165) is 21.9 Å². The quantitative estimate of drug-likeness (QED) is 0.555. The molecule has 2 N–H and O–H groups in total. The van der Waals surface area contributed by atoms with E-state index < -0.39 is 17.1 Å². The Morgan fingerprint density at radius 1 is 1.29 bits per heavy atom. The van der Waals surface area contributed by atoms with Crippen LogP contribution in [0.25, 0.3) is 0 Å². The van der Waals surface area contributed by atoms with Crippen molar-refractivity contribution in [2.75, 3.05) is 10.2 Å². The van der Waals surface area contributed by atoms with Gasteiger partial charge in [0.2, 0.25) is 17.7 Å². The molecule has 0 aliphatic carbocycles. The Labute approximate surface area is 163 Å². The van der Waals surface area contributed by atoms with Crippen LogP contribution in [0.3, 0.4) is 0 Å². The summed E-state index contributed by atoms with van der Waals surface area (Å²) in [7, 11) is 0. The van der Waals surface area contributed by atoms with E-state index >= 15 is 0 Å². The Morgan fingerprint density at radius 2 is 2.00 bits per heavy atom. The number of aryl methyl sites for hydroxylation is 1. The maximum Gasteiger partial charge on any atom is 0.328 e. The molecule has 1 aromatic heterocycles. The van der Waals surface area contributed by atoms with Crippen molar-refractivity contribution < 1.29 is 28.8 Å². The number of carboxylic acid groups (broad SMARTS) is 1. The third kappa shape index (κ3) is 4.46. The minimum Gasteiger partial charge on any atom is -0.478 e. The third-order valence-electron chi connectivity index (χ3n) is 3.73. The number of anilines is 2. The summed E-state index contributed by atoms with van der Waals surface area (Å²) in [6.07, 6.45) is 1.70. The van der Waals surface area contributed by atoms with Crippen LogP contribution in [0, 0.1) is 6.92 Å². The van der Waals surface area contributed by atoms with E-state index in [1.165, 1.54) is 17.8 Å². The van der Waals surface area contributed by atoms with Gasteiger partial charge < -0.3 is 14.9 Å². The molecule has 1 aliphatic rings. The van der Waals surface area contributed by atoms with Crippen molar-refractivity contribution in [3.63, 3.8) is 0 Å². The standard InChI is InChI=1S/C18H15N3O6S/c1-10-8-14(20-27-10)21-16(23)9-13(18(21)26)28-12-4-2-11(3-5-12)19-15(22)6-7-17(24)25/h2-8,13H,9H2,1H3,(H,19,22)(H,24,25). The number of nitrogens with one attached hydrogen (secondary N) is 1. The van der Waals surface area contributed by atoms with Crippen LogP contribution in [0.15, 0.2) is 51.9 Å².